The first-order valence-corrected chi connectivity index (χ1v) is 11.1. The normalized spacial score (nSPS) is 27.6. The van der Waals surface area contributed by atoms with Gasteiger partial charge in [0.2, 0.25) is 0 Å². The molecule has 8 nitrogen and oxygen atoms in total. The maximum atomic E-state index is 12.9. The fourth-order valence-electron chi connectivity index (χ4n) is 3.27. The van der Waals surface area contributed by atoms with Crippen molar-refractivity contribution in [2.45, 2.75) is 39.6 Å². The van der Waals surface area contributed by atoms with E-state index in [4.69, 9.17) is 17.0 Å². The first-order chi connectivity index (χ1) is 11.8. The summed E-state index contributed by atoms with van der Waals surface area (Å²) in [6, 6.07) is 0. The molecule has 0 spiro atoms. The average molecular weight is 408 g/mol. The van der Waals surface area contributed by atoms with Crippen molar-refractivity contribution in [1.29, 1.82) is 0 Å². The summed E-state index contributed by atoms with van der Waals surface area (Å²) in [6.45, 7) is 9.53. The van der Waals surface area contributed by atoms with Gasteiger partial charge in [-0.1, -0.05) is 11.3 Å². The molecule has 3 rings (SSSR count). The van der Waals surface area contributed by atoms with Crippen molar-refractivity contribution in [1.82, 2.24) is 23.3 Å². The van der Waals surface area contributed by atoms with Gasteiger partial charge in [0.25, 0.3) is 10.2 Å². The molecule has 2 unspecified atom stereocenters. The molecule has 0 saturated carbocycles. The number of aryl methyl sites for hydroxylation is 1. The topological polar surface area (TPSA) is 70.9 Å². The van der Waals surface area contributed by atoms with Crippen LogP contribution in [0.2, 0.25) is 0 Å². The van der Waals surface area contributed by atoms with Crippen LogP contribution in [0.25, 0.3) is 0 Å². The van der Waals surface area contributed by atoms with Crippen molar-refractivity contribution in [3.05, 3.63) is 8.96 Å². The predicted molar refractivity (Wildman–Crippen MR) is 99.3 cm³/mol. The Kier molecular flexibility index (Phi) is 5.93. The zero-order chi connectivity index (χ0) is 18.2. The highest BCUT2D eigenvalue weighted by Gasteiger charge is 2.36. The first-order valence-electron chi connectivity index (χ1n) is 8.43. The lowest BCUT2D eigenvalue weighted by molar-refractivity contribution is -0.0458. The maximum absolute atomic E-state index is 12.9. The largest absolute Gasteiger partial charge is 0.373 e. The van der Waals surface area contributed by atoms with E-state index in [1.807, 2.05) is 25.5 Å². The molecule has 3 heterocycles. The number of piperazine rings is 1. The monoisotopic (exact) mass is 407 g/mol. The maximum Gasteiger partial charge on any atom is 0.282 e. The fourth-order valence-corrected chi connectivity index (χ4v) is 6.08. The van der Waals surface area contributed by atoms with Gasteiger partial charge in [-0.3, -0.25) is 4.90 Å². The van der Waals surface area contributed by atoms with E-state index < -0.39 is 10.2 Å². The van der Waals surface area contributed by atoms with E-state index >= 15 is 0 Å². The molecule has 1 aromatic heterocycles. The van der Waals surface area contributed by atoms with Gasteiger partial charge >= 0.3 is 0 Å². The summed E-state index contributed by atoms with van der Waals surface area (Å²) in [5.74, 6) is 0. The third-order valence-electron chi connectivity index (χ3n) is 4.41. The smallest absolute Gasteiger partial charge is 0.282 e. The highest BCUT2D eigenvalue weighted by molar-refractivity contribution is 7.86. The molecule has 1 aromatic rings. The van der Waals surface area contributed by atoms with Gasteiger partial charge in [0.05, 0.1) is 18.9 Å². The van der Waals surface area contributed by atoms with Crippen molar-refractivity contribution in [2.24, 2.45) is 0 Å². The van der Waals surface area contributed by atoms with Crippen LogP contribution in [-0.2, 0) is 21.6 Å². The molecular weight excluding hydrogens is 382 g/mol. The molecule has 2 aliphatic heterocycles. The number of morpholine rings is 1. The Morgan fingerprint density at radius 2 is 1.76 bits per heavy atom. The van der Waals surface area contributed by atoms with E-state index in [1.165, 1.54) is 11.3 Å². The minimum absolute atomic E-state index is 0.0744. The first kappa shape index (κ1) is 19.3. The molecule has 0 radical (unpaired) electrons. The van der Waals surface area contributed by atoms with Crippen molar-refractivity contribution >= 4 is 33.8 Å². The Balaban J connectivity index is 1.59. The Morgan fingerprint density at radius 1 is 1.16 bits per heavy atom. The number of rotatable bonds is 4. The number of hydrogen-bond donors (Lipinski definition) is 0. The SMILES string of the molecule is Cc1nn(CN2CCN(S(=O)(=O)N3CC(C)OC(C)C3)CC2)c(=S)s1. The number of ether oxygens (including phenoxy) is 1. The van der Waals surface area contributed by atoms with E-state index in [1.54, 1.807) is 8.61 Å². The predicted octanol–water partition coefficient (Wildman–Crippen LogP) is 0.912. The minimum atomic E-state index is -3.43. The van der Waals surface area contributed by atoms with Gasteiger partial charge in [-0.15, -0.1) is 0 Å². The van der Waals surface area contributed by atoms with Crippen LogP contribution < -0.4 is 0 Å². The van der Waals surface area contributed by atoms with Gasteiger partial charge in [-0.25, -0.2) is 4.68 Å². The van der Waals surface area contributed by atoms with Crippen LogP contribution in [0.1, 0.15) is 18.9 Å². The third kappa shape index (κ3) is 4.46. The van der Waals surface area contributed by atoms with Gasteiger partial charge in [0.15, 0.2) is 3.95 Å². The fraction of sp³-hybridized carbons (Fsp3) is 0.857. The second-order valence-electron chi connectivity index (χ2n) is 6.63. The van der Waals surface area contributed by atoms with Crippen LogP contribution >= 0.6 is 23.6 Å². The molecule has 2 fully saturated rings. The summed E-state index contributed by atoms with van der Waals surface area (Å²) < 4.78 is 37.1. The Hall–Kier alpha value is -0.430. The summed E-state index contributed by atoms with van der Waals surface area (Å²) in [4.78, 5) is 2.19. The molecule has 0 bridgehead atoms. The van der Waals surface area contributed by atoms with E-state index in [0.717, 1.165) is 8.96 Å². The third-order valence-corrected chi connectivity index (χ3v) is 7.60. The van der Waals surface area contributed by atoms with E-state index in [2.05, 4.69) is 10.00 Å². The van der Waals surface area contributed by atoms with Crippen molar-refractivity contribution in [3.8, 4) is 0 Å². The summed E-state index contributed by atoms with van der Waals surface area (Å²) in [7, 11) is -3.43. The van der Waals surface area contributed by atoms with Gasteiger partial charge in [0.1, 0.15) is 5.01 Å². The highest BCUT2D eigenvalue weighted by Crippen LogP contribution is 2.19. The van der Waals surface area contributed by atoms with Gasteiger partial charge in [-0.2, -0.15) is 22.1 Å². The van der Waals surface area contributed by atoms with E-state index in [-0.39, 0.29) is 12.2 Å². The van der Waals surface area contributed by atoms with Crippen LogP contribution in [0.15, 0.2) is 0 Å². The lowest BCUT2D eigenvalue weighted by Gasteiger charge is -2.40. The zero-order valence-electron chi connectivity index (χ0n) is 14.8. The standard InChI is InChI=1S/C14H25N5O3S3/c1-11-8-18(9-12(2)22-11)25(20,21)17-6-4-16(5-7-17)10-19-14(23)24-13(3)15-19/h11-12H,4-10H2,1-3H3. The zero-order valence-corrected chi connectivity index (χ0v) is 17.2. The van der Waals surface area contributed by atoms with Crippen LogP contribution in [0, 0.1) is 10.9 Å². The Labute approximate surface area is 158 Å². The molecule has 25 heavy (non-hydrogen) atoms. The molecule has 2 aliphatic rings. The average Bonchev–Trinajstić information content (AvgIpc) is 2.84. The number of aromatic nitrogens is 2. The molecule has 0 aliphatic carbocycles. The van der Waals surface area contributed by atoms with Crippen LogP contribution in [0.5, 0.6) is 0 Å². The van der Waals surface area contributed by atoms with Gasteiger partial charge in [-0.05, 0) is 33.0 Å². The lowest BCUT2D eigenvalue weighted by Crippen LogP contribution is -2.57. The molecule has 142 valence electrons. The molecule has 0 amide bonds. The van der Waals surface area contributed by atoms with E-state index in [0.29, 0.717) is 45.9 Å². The van der Waals surface area contributed by atoms with Crippen LogP contribution in [0.3, 0.4) is 0 Å². The van der Waals surface area contributed by atoms with E-state index in [9.17, 15) is 8.42 Å². The Morgan fingerprint density at radius 3 is 2.28 bits per heavy atom. The molecular formula is C14H25N5O3S3. The summed E-state index contributed by atoms with van der Waals surface area (Å²) in [5, 5.41) is 5.34. The molecule has 0 aromatic carbocycles. The summed E-state index contributed by atoms with van der Waals surface area (Å²) in [6.07, 6.45) is -0.149. The van der Waals surface area contributed by atoms with Gasteiger partial charge < -0.3 is 4.74 Å². The van der Waals surface area contributed by atoms with Gasteiger partial charge in [0, 0.05) is 39.3 Å². The second kappa shape index (κ2) is 7.67. The van der Waals surface area contributed by atoms with Crippen molar-refractivity contribution < 1.29 is 13.2 Å². The van der Waals surface area contributed by atoms with Crippen molar-refractivity contribution in [3.63, 3.8) is 0 Å². The van der Waals surface area contributed by atoms with Crippen LogP contribution in [-0.4, -0.2) is 83.2 Å². The number of nitrogens with zero attached hydrogens (tertiary/aromatic N) is 5. The quantitative estimate of drug-likeness (QED) is 0.691. The molecule has 2 atom stereocenters. The number of hydrogen-bond acceptors (Lipinski definition) is 7. The molecule has 2 saturated heterocycles. The minimum Gasteiger partial charge on any atom is -0.373 e. The summed E-state index contributed by atoms with van der Waals surface area (Å²) >= 11 is 6.80. The molecule has 11 heteroatoms. The summed E-state index contributed by atoms with van der Waals surface area (Å²) in [5.41, 5.74) is 0. The Bertz CT molecular complexity index is 744. The second-order valence-corrected chi connectivity index (χ2v) is 10.4. The highest BCUT2D eigenvalue weighted by atomic mass is 32.2. The molecule has 0 N–H and O–H groups in total. The van der Waals surface area contributed by atoms with Crippen LogP contribution in [0.4, 0.5) is 0 Å². The lowest BCUT2D eigenvalue weighted by atomic mass is 10.3. The van der Waals surface area contributed by atoms with Crippen molar-refractivity contribution in [2.75, 3.05) is 39.3 Å².